The zero-order valence-electron chi connectivity index (χ0n) is 17.8. The summed E-state index contributed by atoms with van der Waals surface area (Å²) in [6.45, 7) is 3.15. The second-order valence-corrected chi connectivity index (χ2v) is 9.58. The molecule has 1 aliphatic heterocycles. The molecule has 0 bridgehead atoms. The SMILES string of the molecule is CCCCC1CN(c2ccccc2)c2cc(OC)c(CSCC(=O)O)cc2SN1C. The van der Waals surface area contributed by atoms with E-state index in [1.807, 2.05) is 6.07 Å². The molecule has 3 rings (SSSR count). The summed E-state index contributed by atoms with van der Waals surface area (Å²) < 4.78 is 8.08. The van der Waals surface area contributed by atoms with Gasteiger partial charge >= 0.3 is 5.97 Å². The first-order valence-corrected chi connectivity index (χ1v) is 12.2. The van der Waals surface area contributed by atoms with Crippen molar-refractivity contribution >= 4 is 41.1 Å². The van der Waals surface area contributed by atoms with Crippen LogP contribution >= 0.6 is 23.7 Å². The average molecular weight is 447 g/mol. The van der Waals surface area contributed by atoms with Crippen molar-refractivity contribution in [3.63, 3.8) is 0 Å². The molecule has 1 atom stereocenters. The van der Waals surface area contributed by atoms with Gasteiger partial charge in [-0.25, -0.2) is 4.31 Å². The number of ether oxygens (including phenoxy) is 1. The van der Waals surface area contributed by atoms with Crippen LogP contribution in [0.5, 0.6) is 5.75 Å². The molecule has 5 nitrogen and oxygen atoms in total. The van der Waals surface area contributed by atoms with Crippen molar-refractivity contribution in [3.8, 4) is 5.75 Å². The van der Waals surface area contributed by atoms with Crippen LogP contribution in [0, 0.1) is 0 Å². The molecule has 0 spiro atoms. The van der Waals surface area contributed by atoms with Crippen LogP contribution in [0.2, 0.25) is 0 Å². The van der Waals surface area contributed by atoms with E-state index in [-0.39, 0.29) is 5.75 Å². The lowest BCUT2D eigenvalue weighted by molar-refractivity contribution is -0.133. The maximum absolute atomic E-state index is 10.9. The van der Waals surface area contributed by atoms with Crippen molar-refractivity contribution in [2.75, 3.05) is 31.4 Å². The second-order valence-electron chi connectivity index (χ2n) is 7.40. The fourth-order valence-electron chi connectivity index (χ4n) is 3.65. The third-order valence-electron chi connectivity index (χ3n) is 5.24. The van der Waals surface area contributed by atoms with Crippen LogP contribution in [0.3, 0.4) is 0 Å². The summed E-state index contributed by atoms with van der Waals surface area (Å²) in [7, 11) is 3.85. The van der Waals surface area contributed by atoms with E-state index in [1.54, 1.807) is 19.1 Å². The molecule has 7 heteroatoms. The zero-order chi connectivity index (χ0) is 21.5. The molecular weight excluding hydrogens is 416 g/mol. The molecule has 0 aliphatic carbocycles. The Hall–Kier alpha value is -1.83. The Morgan fingerprint density at radius 1 is 1.30 bits per heavy atom. The first kappa shape index (κ1) is 22.8. The van der Waals surface area contributed by atoms with Gasteiger partial charge in [-0.3, -0.25) is 4.79 Å². The third kappa shape index (κ3) is 5.65. The van der Waals surface area contributed by atoms with Crippen LogP contribution in [0.4, 0.5) is 11.4 Å². The molecule has 1 N–H and O–H groups in total. The number of anilines is 2. The fourth-order valence-corrected chi connectivity index (χ4v) is 5.46. The molecule has 0 fully saturated rings. The van der Waals surface area contributed by atoms with E-state index < -0.39 is 5.97 Å². The lowest BCUT2D eigenvalue weighted by atomic mass is 10.1. The summed E-state index contributed by atoms with van der Waals surface area (Å²) in [6, 6.07) is 15.2. The number of methoxy groups -OCH3 is 1. The Kier molecular flexibility index (Phi) is 8.36. The number of thioether (sulfide) groups is 1. The number of nitrogens with zero attached hydrogens (tertiary/aromatic N) is 2. The topological polar surface area (TPSA) is 53.0 Å². The van der Waals surface area contributed by atoms with Crippen LogP contribution in [-0.4, -0.2) is 47.9 Å². The smallest absolute Gasteiger partial charge is 0.313 e. The maximum Gasteiger partial charge on any atom is 0.313 e. The quantitative estimate of drug-likeness (QED) is 0.499. The summed E-state index contributed by atoms with van der Waals surface area (Å²) >= 11 is 3.17. The van der Waals surface area contributed by atoms with Gasteiger partial charge in [0.1, 0.15) is 5.75 Å². The van der Waals surface area contributed by atoms with Crippen molar-refractivity contribution < 1.29 is 14.6 Å². The molecule has 1 heterocycles. The monoisotopic (exact) mass is 446 g/mol. The summed E-state index contributed by atoms with van der Waals surface area (Å²) in [4.78, 5) is 14.5. The summed E-state index contributed by atoms with van der Waals surface area (Å²) in [6.07, 6.45) is 3.54. The Bertz CT molecular complexity index is 848. The number of para-hydroxylation sites is 1. The Morgan fingerprint density at radius 2 is 2.07 bits per heavy atom. The minimum absolute atomic E-state index is 0.0858. The predicted molar refractivity (Wildman–Crippen MR) is 127 cm³/mol. The molecule has 162 valence electrons. The highest BCUT2D eigenvalue weighted by molar-refractivity contribution is 7.99. The van der Waals surface area contributed by atoms with Crippen LogP contribution < -0.4 is 9.64 Å². The van der Waals surface area contributed by atoms with E-state index in [4.69, 9.17) is 9.84 Å². The summed E-state index contributed by atoms with van der Waals surface area (Å²) in [5, 5.41) is 8.97. The highest BCUT2D eigenvalue weighted by atomic mass is 32.2. The van der Waals surface area contributed by atoms with Crippen molar-refractivity contribution in [2.45, 2.75) is 42.9 Å². The number of carboxylic acids is 1. The highest BCUT2D eigenvalue weighted by Crippen LogP contribution is 2.44. The second kappa shape index (κ2) is 11.0. The first-order chi connectivity index (χ1) is 14.5. The predicted octanol–water partition coefficient (Wildman–Crippen LogP) is 5.66. The van der Waals surface area contributed by atoms with Gasteiger partial charge in [0.2, 0.25) is 0 Å². The number of unbranched alkanes of at least 4 members (excludes halogenated alkanes) is 1. The lowest BCUT2D eigenvalue weighted by Gasteiger charge is -2.30. The fraction of sp³-hybridized carbons (Fsp3) is 0.435. The number of likely N-dealkylation sites (N-methyl/N-ethyl adjacent to an activating group) is 1. The molecule has 0 amide bonds. The number of hydrogen-bond acceptors (Lipinski definition) is 6. The van der Waals surface area contributed by atoms with Crippen LogP contribution in [0.25, 0.3) is 0 Å². The minimum Gasteiger partial charge on any atom is -0.496 e. The number of hydrogen-bond donors (Lipinski definition) is 1. The van der Waals surface area contributed by atoms with E-state index in [9.17, 15) is 4.79 Å². The van der Waals surface area contributed by atoms with Crippen molar-refractivity contribution in [3.05, 3.63) is 48.0 Å². The van der Waals surface area contributed by atoms with Gasteiger partial charge in [-0.2, -0.15) is 0 Å². The molecule has 0 radical (unpaired) electrons. The van der Waals surface area contributed by atoms with Crippen molar-refractivity contribution in [1.82, 2.24) is 4.31 Å². The Labute approximate surface area is 187 Å². The number of aliphatic carboxylic acids is 1. The molecule has 0 aromatic heterocycles. The van der Waals surface area contributed by atoms with Gasteiger partial charge in [0, 0.05) is 40.6 Å². The molecule has 0 saturated heterocycles. The van der Waals surface area contributed by atoms with Gasteiger partial charge in [-0.05, 0) is 43.6 Å². The number of fused-ring (bicyclic) bond motifs is 1. The molecule has 1 unspecified atom stereocenters. The van der Waals surface area contributed by atoms with Gasteiger partial charge in [0.25, 0.3) is 0 Å². The van der Waals surface area contributed by atoms with E-state index >= 15 is 0 Å². The summed E-state index contributed by atoms with van der Waals surface area (Å²) in [5.41, 5.74) is 3.34. The number of carboxylic acid groups (broad SMARTS) is 1. The Morgan fingerprint density at radius 3 is 2.73 bits per heavy atom. The van der Waals surface area contributed by atoms with Gasteiger partial charge < -0.3 is 14.7 Å². The van der Waals surface area contributed by atoms with Crippen molar-refractivity contribution in [2.24, 2.45) is 0 Å². The zero-order valence-corrected chi connectivity index (χ0v) is 19.5. The van der Waals surface area contributed by atoms with Crippen LogP contribution in [0.15, 0.2) is 47.4 Å². The largest absolute Gasteiger partial charge is 0.496 e. The molecular formula is C23H30N2O3S2. The average Bonchev–Trinajstić information content (AvgIpc) is 2.87. The molecule has 2 aromatic rings. The van der Waals surface area contributed by atoms with E-state index in [0.29, 0.717) is 11.8 Å². The van der Waals surface area contributed by atoms with Gasteiger partial charge in [0.15, 0.2) is 0 Å². The maximum atomic E-state index is 10.9. The van der Waals surface area contributed by atoms with E-state index in [2.05, 4.69) is 59.6 Å². The lowest BCUT2D eigenvalue weighted by Crippen LogP contribution is -2.35. The molecule has 2 aromatic carbocycles. The van der Waals surface area contributed by atoms with E-state index in [0.717, 1.165) is 30.0 Å². The highest BCUT2D eigenvalue weighted by Gasteiger charge is 2.28. The first-order valence-electron chi connectivity index (χ1n) is 10.3. The minimum atomic E-state index is -0.795. The number of carbonyl (C=O) groups is 1. The van der Waals surface area contributed by atoms with Crippen LogP contribution in [-0.2, 0) is 10.5 Å². The third-order valence-corrected chi connectivity index (χ3v) is 7.32. The van der Waals surface area contributed by atoms with E-state index in [1.165, 1.54) is 35.2 Å². The normalized spacial score (nSPS) is 16.8. The van der Waals surface area contributed by atoms with Crippen molar-refractivity contribution in [1.29, 1.82) is 0 Å². The Balaban J connectivity index is 2.00. The molecule has 30 heavy (non-hydrogen) atoms. The van der Waals surface area contributed by atoms with Crippen LogP contribution in [0.1, 0.15) is 31.7 Å². The number of benzene rings is 2. The van der Waals surface area contributed by atoms with Gasteiger partial charge in [-0.1, -0.05) is 38.0 Å². The summed E-state index contributed by atoms with van der Waals surface area (Å²) in [5.74, 6) is 0.708. The van der Waals surface area contributed by atoms with Gasteiger partial charge in [-0.15, -0.1) is 11.8 Å². The standard InChI is InChI=1S/C23H30N2O3S2/c1-4-5-9-19-14-25(18-10-7-6-8-11-18)20-13-21(28-3)17(15-29-16-23(26)27)12-22(20)30-24(19)2/h6-8,10-13,19H,4-5,9,14-16H2,1-3H3,(H,26,27). The molecule has 1 aliphatic rings. The molecule has 0 saturated carbocycles. The number of rotatable bonds is 9. The van der Waals surface area contributed by atoms with Gasteiger partial charge in [0.05, 0.1) is 18.6 Å².